The molecule has 110 valence electrons. The first kappa shape index (κ1) is 13.4. The Balaban J connectivity index is 1.67. The van der Waals surface area contributed by atoms with Crippen molar-refractivity contribution >= 4 is 12.0 Å². The van der Waals surface area contributed by atoms with Crippen LogP contribution in [0.25, 0.3) is 0 Å². The van der Waals surface area contributed by atoms with Gasteiger partial charge in [0.2, 0.25) is 0 Å². The topological polar surface area (TPSA) is 81.6 Å². The molecule has 2 heterocycles. The number of nitrogens with zero attached hydrogens (tertiary/aromatic N) is 2. The molecule has 1 saturated heterocycles. The summed E-state index contributed by atoms with van der Waals surface area (Å²) in [5, 5.41) is 0. The predicted molar refractivity (Wildman–Crippen MR) is 73.5 cm³/mol. The van der Waals surface area contributed by atoms with E-state index in [2.05, 4.69) is 9.88 Å². The summed E-state index contributed by atoms with van der Waals surface area (Å²) in [5.74, 6) is 0.866. The van der Waals surface area contributed by atoms with Crippen LogP contribution in [0.3, 0.4) is 0 Å². The summed E-state index contributed by atoms with van der Waals surface area (Å²) in [6.07, 6.45) is 4.73. The molecule has 2 fully saturated rings. The van der Waals surface area contributed by atoms with Gasteiger partial charge in [-0.2, -0.15) is 4.98 Å². The van der Waals surface area contributed by atoms with Crippen LogP contribution in [0.2, 0.25) is 0 Å². The minimum atomic E-state index is -0.430. The first-order valence-electron chi connectivity index (χ1n) is 7.30. The molecular weight excluding hydrogens is 258 g/mol. The van der Waals surface area contributed by atoms with Gasteiger partial charge in [0.1, 0.15) is 6.26 Å². The molecule has 0 spiro atoms. The molecular formula is C14H21N3O3. The summed E-state index contributed by atoms with van der Waals surface area (Å²) in [6.45, 7) is 3.97. The van der Waals surface area contributed by atoms with Crippen LogP contribution in [0, 0.1) is 11.8 Å². The van der Waals surface area contributed by atoms with Crippen molar-refractivity contribution in [3.05, 3.63) is 12.0 Å². The summed E-state index contributed by atoms with van der Waals surface area (Å²) in [5.41, 5.74) is 6.28. The van der Waals surface area contributed by atoms with Gasteiger partial charge >= 0.3 is 5.97 Å². The van der Waals surface area contributed by atoms with E-state index < -0.39 is 5.97 Å². The van der Waals surface area contributed by atoms with Gasteiger partial charge in [0.05, 0.1) is 6.61 Å². The Kier molecular flexibility index (Phi) is 3.65. The van der Waals surface area contributed by atoms with E-state index in [4.69, 9.17) is 14.9 Å². The fraction of sp³-hybridized carbons (Fsp3) is 0.714. The Morgan fingerprint density at radius 3 is 3.10 bits per heavy atom. The predicted octanol–water partition coefficient (Wildman–Crippen LogP) is 1.41. The molecule has 1 aromatic heterocycles. The Morgan fingerprint density at radius 1 is 1.50 bits per heavy atom. The van der Waals surface area contributed by atoms with Crippen molar-refractivity contribution in [2.45, 2.75) is 32.2 Å². The molecule has 20 heavy (non-hydrogen) atoms. The molecule has 0 bridgehead atoms. The average molecular weight is 279 g/mol. The Bertz CT molecular complexity index is 488. The van der Waals surface area contributed by atoms with Crippen molar-refractivity contribution < 1.29 is 13.9 Å². The molecule has 1 saturated carbocycles. The van der Waals surface area contributed by atoms with Crippen molar-refractivity contribution in [1.82, 2.24) is 4.98 Å². The van der Waals surface area contributed by atoms with Crippen molar-refractivity contribution in [3.63, 3.8) is 0 Å². The van der Waals surface area contributed by atoms with Crippen molar-refractivity contribution in [3.8, 4) is 0 Å². The maximum Gasteiger partial charge on any atom is 0.360 e. The Labute approximate surface area is 118 Å². The number of anilines is 1. The third kappa shape index (κ3) is 2.52. The third-order valence-corrected chi connectivity index (χ3v) is 4.34. The molecule has 6 heteroatoms. The number of fused-ring (bicyclic) bond motifs is 1. The molecule has 0 aromatic carbocycles. The van der Waals surface area contributed by atoms with Gasteiger partial charge in [0, 0.05) is 19.1 Å². The molecule has 6 nitrogen and oxygen atoms in total. The minimum absolute atomic E-state index is 0.244. The number of carbonyl (C=O) groups excluding carboxylic acids is 1. The SMILES string of the molecule is CCOC(=O)c1coc(N2C[C@H]3CCC(N)C[C@H]3C2)n1. The number of hydrogen-bond acceptors (Lipinski definition) is 6. The molecule has 0 amide bonds. The average Bonchev–Trinajstić information content (AvgIpc) is 3.04. The number of oxazole rings is 1. The number of hydrogen-bond donors (Lipinski definition) is 1. The highest BCUT2D eigenvalue weighted by Gasteiger charge is 2.38. The smallest absolute Gasteiger partial charge is 0.360 e. The summed E-state index contributed by atoms with van der Waals surface area (Å²) >= 11 is 0. The van der Waals surface area contributed by atoms with Gasteiger partial charge in [-0.05, 0) is 38.0 Å². The van der Waals surface area contributed by atoms with Gasteiger partial charge in [-0.25, -0.2) is 4.79 Å². The summed E-state index contributed by atoms with van der Waals surface area (Å²) in [6, 6.07) is 0.854. The summed E-state index contributed by atoms with van der Waals surface area (Å²) < 4.78 is 10.3. The number of aromatic nitrogens is 1. The Hall–Kier alpha value is -1.56. The highest BCUT2D eigenvalue weighted by atomic mass is 16.5. The third-order valence-electron chi connectivity index (χ3n) is 4.34. The quantitative estimate of drug-likeness (QED) is 0.843. The van der Waals surface area contributed by atoms with Gasteiger partial charge in [0.15, 0.2) is 5.69 Å². The Morgan fingerprint density at radius 2 is 2.30 bits per heavy atom. The highest BCUT2D eigenvalue weighted by molar-refractivity contribution is 5.87. The lowest BCUT2D eigenvalue weighted by molar-refractivity contribution is 0.0519. The fourth-order valence-corrected chi connectivity index (χ4v) is 3.33. The van der Waals surface area contributed by atoms with Crippen LogP contribution >= 0.6 is 0 Å². The van der Waals surface area contributed by atoms with E-state index >= 15 is 0 Å². The van der Waals surface area contributed by atoms with Gasteiger partial charge in [0.25, 0.3) is 6.01 Å². The number of ether oxygens (including phenoxy) is 1. The maximum atomic E-state index is 11.6. The fourth-order valence-electron chi connectivity index (χ4n) is 3.33. The molecule has 0 radical (unpaired) electrons. The second kappa shape index (κ2) is 5.44. The van der Waals surface area contributed by atoms with Crippen LogP contribution in [0.1, 0.15) is 36.7 Å². The standard InChI is InChI=1S/C14H21N3O3/c1-2-19-13(18)12-8-20-14(16-12)17-6-9-3-4-11(15)5-10(9)7-17/h8-11H,2-7,15H2,1H3/t9-,10+,11?/m1/s1. The van der Waals surface area contributed by atoms with Crippen molar-refractivity contribution in [2.75, 3.05) is 24.6 Å². The van der Waals surface area contributed by atoms with E-state index in [1.54, 1.807) is 6.92 Å². The van der Waals surface area contributed by atoms with Crippen LogP contribution in [-0.4, -0.2) is 36.7 Å². The van der Waals surface area contributed by atoms with Crippen LogP contribution in [0.15, 0.2) is 10.7 Å². The van der Waals surface area contributed by atoms with Gasteiger partial charge in [-0.3, -0.25) is 0 Å². The van der Waals surface area contributed by atoms with E-state index in [1.165, 1.54) is 12.7 Å². The van der Waals surface area contributed by atoms with Crippen molar-refractivity contribution in [1.29, 1.82) is 0 Å². The van der Waals surface area contributed by atoms with Gasteiger partial charge in [-0.1, -0.05) is 0 Å². The highest BCUT2D eigenvalue weighted by Crippen LogP contribution is 2.37. The summed E-state index contributed by atoms with van der Waals surface area (Å²) in [4.78, 5) is 17.9. The molecule has 1 unspecified atom stereocenters. The van der Waals surface area contributed by atoms with E-state index in [0.29, 0.717) is 30.5 Å². The molecule has 2 aliphatic rings. The number of rotatable bonds is 3. The summed E-state index contributed by atoms with van der Waals surface area (Å²) in [7, 11) is 0. The number of esters is 1. The van der Waals surface area contributed by atoms with Gasteiger partial charge < -0.3 is 19.8 Å². The molecule has 2 N–H and O–H groups in total. The molecule has 1 aliphatic heterocycles. The van der Waals surface area contributed by atoms with Crippen LogP contribution < -0.4 is 10.6 Å². The lowest BCUT2D eigenvalue weighted by atomic mass is 9.79. The molecule has 3 rings (SSSR count). The maximum absolute atomic E-state index is 11.6. The second-order valence-electron chi connectivity index (χ2n) is 5.73. The zero-order valence-corrected chi connectivity index (χ0v) is 11.7. The lowest BCUT2D eigenvalue weighted by Crippen LogP contribution is -2.32. The van der Waals surface area contributed by atoms with Crippen LogP contribution in [0.5, 0.6) is 0 Å². The largest absolute Gasteiger partial charge is 0.461 e. The van der Waals surface area contributed by atoms with Crippen molar-refractivity contribution in [2.24, 2.45) is 17.6 Å². The van der Waals surface area contributed by atoms with E-state index in [9.17, 15) is 4.79 Å². The number of carbonyl (C=O) groups is 1. The second-order valence-corrected chi connectivity index (χ2v) is 5.73. The first-order chi connectivity index (χ1) is 9.67. The molecule has 1 aliphatic carbocycles. The zero-order chi connectivity index (χ0) is 14.1. The monoisotopic (exact) mass is 279 g/mol. The molecule has 3 atom stereocenters. The van der Waals surface area contributed by atoms with E-state index in [0.717, 1.165) is 25.9 Å². The van der Waals surface area contributed by atoms with E-state index in [-0.39, 0.29) is 5.69 Å². The lowest BCUT2D eigenvalue weighted by Gasteiger charge is -2.27. The first-order valence-corrected chi connectivity index (χ1v) is 7.30. The van der Waals surface area contributed by atoms with E-state index in [1.807, 2.05) is 0 Å². The normalized spacial score (nSPS) is 29.3. The van der Waals surface area contributed by atoms with Crippen LogP contribution in [-0.2, 0) is 4.74 Å². The van der Waals surface area contributed by atoms with Gasteiger partial charge in [-0.15, -0.1) is 0 Å². The zero-order valence-electron chi connectivity index (χ0n) is 11.7. The van der Waals surface area contributed by atoms with Crippen LogP contribution in [0.4, 0.5) is 6.01 Å². The number of nitrogens with two attached hydrogens (primary N) is 1. The molecule has 1 aromatic rings. The minimum Gasteiger partial charge on any atom is -0.461 e.